The van der Waals surface area contributed by atoms with Gasteiger partial charge in [0.15, 0.2) is 9.47 Å². The summed E-state index contributed by atoms with van der Waals surface area (Å²) < 4.78 is 7.42. The van der Waals surface area contributed by atoms with Crippen LogP contribution in [0.2, 0.25) is 0 Å². The lowest BCUT2D eigenvalue weighted by Gasteiger charge is -2.02. The number of anilines is 1. The first kappa shape index (κ1) is 19.9. The molecular weight excluding hydrogens is 422 g/mol. The summed E-state index contributed by atoms with van der Waals surface area (Å²) in [6, 6.07) is 15.8. The molecule has 2 aromatic heterocycles. The molecule has 0 radical (unpaired) electrons. The molecule has 1 N–H and O–H groups in total. The number of carbonyl (C=O) groups is 1. The van der Waals surface area contributed by atoms with Gasteiger partial charge in [-0.1, -0.05) is 23.9 Å². The van der Waals surface area contributed by atoms with E-state index in [9.17, 15) is 4.79 Å². The summed E-state index contributed by atoms with van der Waals surface area (Å²) in [6.45, 7) is 0. The molecule has 1 amide bonds. The van der Waals surface area contributed by atoms with Gasteiger partial charge in [0.1, 0.15) is 5.75 Å². The molecule has 29 heavy (non-hydrogen) atoms. The van der Waals surface area contributed by atoms with E-state index >= 15 is 0 Å². The van der Waals surface area contributed by atoms with Crippen molar-refractivity contribution in [2.75, 3.05) is 18.2 Å². The van der Waals surface area contributed by atoms with Gasteiger partial charge >= 0.3 is 0 Å². The molecule has 2 aromatic carbocycles. The van der Waals surface area contributed by atoms with Crippen LogP contribution < -0.4 is 10.1 Å². The summed E-state index contributed by atoms with van der Waals surface area (Å²) in [5, 5.41) is 5.47. The lowest BCUT2D eigenvalue weighted by Crippen LogP contribution is -2.11. The second-order valence-electron chi connectivity index (χ2n) is 6.21. The van der Waals surface area contributed by atoms with E-state index in [1.165, 1.54) is 16.0 Å². The van der Waals surface area contributed by atoms with Crippen LogP contribution in [0.3, 0.4) is 0 Å². The molecule has 8 heteroatoms. The number of hydrogen-bond donors (Lipinski definition) is 1. The molecule has 0 saturated carbocycles. The number of rotatable bonds is 8. The Labute approximate surface area is 181 Å². The van der Waals surface area contributed by atoms with Crippen LogP contribution in [0, 0.1) is 0 Å². The van der Waals surface area contributed by atoms with E-state index in [1.54, 1.807) is 30.2 Å². The number of fused-ring (bicyclic) bond motifs is 1. The molecule has 0 spiro atoms. The van der Waals surface area contributed by atoms with Crippen molar-refractivity contribution in [1.29, 1.82) is 0 Å². The van der Waals surface area contributed by atoms with Gasteiger partial charge in [0.05, 0.1) is 23.0 Å². The first-order valence-corrected chi connectivity index (χ1v) is 11.8. The van der Waals surface area contributed by atoms with E-state index in [1.807, 2.05) is 47.8 Å². The minimum atomic E-state index is -0.00877. The predicted molar refractivity (Wildman–Crippen MR) is 122 cm³/mol. The third-order valence-electron chi connectivity index (χ3n) is 4.18. The average molecular weight is 442 g/mol. The van der Waals surface area contributed by atoms with Crippen molar-refractivity contribution in [3.8, 4) is 17.0 Å². The summed E-state index contributed by atoms with van der Waals surface area (Å²) in [4.78, 5) is 21.3. The second-order valence-corrected chi connectivity index (χ2v) is 9.44. The van der Waals surface area contributed by atoms with Crippen molar-refractivity contribution in [1.82, 2.24) is 9.97 Å². The van der Waals surface area contributed by atoms with Gasteiger partial charge in [-0.3, -0.25) is 4.79 Å². The lowest BCUT2D eigenvalue weighted by atomic mass is 10.2. The molecule has 0 bridgehead atoms. The van der Waals surface area contributed by atoms with Gasteiger partial charge < -0.3 is 10.1 Å². The normalized spacial score (nSPS) is 10.9. The maximum Gasteiger partial charge on any atom is 0.226 e. The number of ether oxygens (including phenoxy) is 1. The third kappa shape index (κ3) is 5.14. The van der Waals surface area contributed by atoms with Gasteiger partial charge in [-0.2, -0.15) is 0 Å². The van der Waals surface area contributed by atoms with Crippen molar-refractivity contribution < 1.29 is 9.53 Å². The molecular formula is C21H19N3O2S3. The van der Waals surface area contributed by atoms with Gasteiger partial charge in [-0.15, -0.1) is 22.7 Å². The van der Waals surface area contributed by atoms with Crippen LogP contribution >= 0.6 is 34.4 Å². The molecule has 148 valence electrons. The van der Waals surface area contributed by atoms with Crippen LogP contribution in [-0.2, 0) is 4.79 Å². The molecule has 2 heterocycles. The van der Waals surface area contributed by atoms with Crippen LogP contribution in [0.25, 0.3) is 21.5 Å². The fraction of sp³-hybridized carbons (Fsp3) is 0.190. The summed E-state index contributed by atoms with van der Waals surface area (Å²) in [6.07, 6.45) is 1.26. The number of nitrogens with one attached hydrogen (secondary N) is 1. The van der Waals surface area contributed by atoms with Crippen molar-refractivity contribution in [2.45, 2.75) is 17.2 Å². The number of para-hydroxylation sites is 1. The fourth-order valence-electron chi connectivity index (χ4n) is 2.71. The molecule has 0 aliphatic rings. The Morgan fingerprint density at radius 1 is 1.14 bits per heavy atom. The Kier molecular flexibility index (Phi) is 6.43. The second kappa shape index (κ2) is 9.39. The molecule has 4 rings (SSSR count). The zero-order valence-electron chi connectivity index (χ0n) is 15.8. The van der Waals surface area contributed by atoms with E-state index in [4.69, 9.17) is 4.74 Å². The number of thioether (sulfide) groups is 1. The van der Waals surface area contributed by atoms with Crippen LogP contribution in [0.15, 0.2) is 58.3 Å². The van der Waals surface area contributed by atoms with Gasteiger partial charge in [-0.05, 0) is 42.8 Å². The average Bonchev–Trinajstić information content (AvgIpc) is 3.38. The number of carbonyl (C=O) groups excluding carboxylic acids is 1. The minimum absolute atomic E-state index is 0.00877. The SMILES string of the molecule is COc1ccc(-c2csc(NC(=O)CCCSc3nc4ccccc4s3)n2)cc1. The smallest absolute Gasteiger partial charge is 0.226 e. The van der Waals surface area contributed by atoms with Gasteiger partial charge in [0.25, 0.3) is 0 Å². The van der Waals surface area contributed by atoms with Crippen LogP contribution in [0.5, 0.6) is 5.75 Å². The largest absolute Gasteiger partial charge is 0.497 e. The maximum absolute atomic E-state index is 12.2. The Bertz CT molecular complexity index is 1070. The van der Waals surface area contributed by atoms with Crippen LogP contribution in [0.1, 0.15) is 12.8 Å². The molecule has 0 saturated heterocycles. The highest BCUT2D eigenvalue weighted by molar-refractivity contribution is 8.01. The third-order valence-corrected chi connectivity index (χ3v) is 7.21. The Morgan fingerprint density at radius 2 is 1.97 bits per heavy atom. The summed E-state index contributed by atoms with van der Waals surface area (Å²) in [5.74, 6) is 1.66. The highest BCUT2D eigenvalue weighted by atomic mass is 32.2. The number of benzene rings is 2. The number of nitrogens with zero attached hydrogens (tertiary/aromatic N) is 2. The standard InChI is InChI=1S/C21H19N3O2S3/c1-26-15-10-8-14(9-11-15)17-13-28-20(22-17)24-19(25)7-4-12-27-21-23-16-5-2-3-6-18(16)29-21/h2-3,5-6,8-11,13H,4,7,12H2,1H3,(H,22,24,25). The number of methoxy groups -OCH3 is 1. The fourth-order valence-corrected chi connectivity index (χ4v) is 5.53. The molecule has 0 aliphatic heterocycles. The highest BCUT2D eigenvalue weighted by Gasteiger charge is 2.09. The number of thiazole rings is 2. The maximum atomic E-state index is 12.2. The molecule has 5 nitrogen and oxygen atoms in total. The topological polar surface area (TPSA) is 64.1 Å². The minimum Gasteiger partial charge on any atom is -0.497 e. The molecule has 0 aliphatic carbocycles. The molecule has 0 fully saturated rings. The summed E-state index contributed by atoms with van der Waals surface area (Å²) >= 11 is 4.83. The lowest BCUT2D eigenvalue weighted by molar-refractivity contribution is -0.116. The van der Waals surface area contributed by atoms with E-state index in [0.29, 0.717) is 11.6 Å². The first-order valence-electron chi connectivity index (χ1n) is 9.09. The number of hydrogen-bond acceptors (Lipinski definition) is 7. The van der Waals surface area contributed by atoms with Crippen LogP contribution in [0.4, 0.5) is 5.13 Å². The Morgan fingerprint density at radius 3 is 2.76 bits per heavy atom. The number of aromatic nitrogens is 2. The molecule has 4 aromatic rings. The van der Waals surface area contributed by atoms with E-state index in [-0.39, 0.29) is 5.91 Å². The van der Waals surface area contributed by atoms with Crippen molar-refractivity contribution in [2.24, 2.45) is 0 Å². The summed E-state index contributed by atoms with van der Waals surface area (Å²) in [7, 11) is 1.64. The summed E-state index contributed by atoms with van der Waals surface area (Å²) in [5.41, 5.74) is 2.88. The predicted octanol–water partition coefficient (Wildman–Crippen LogP) is 5.94. The zero-order valence-corrected chi connectivity index (χ0v) is 18.2. The van der Waals surface area contributed by atoms with Gasteiger partial charge in [0.2, 0.25) is 5.91 Å². The highest BCUT2D eigenvalue weighted by Crippen LogP contribution is 2.30. The van der Waals surface area contributed by atoms with Crippen molar-refractivity contribution in [3.63, 3.8) is 0 Å². The van der Waals surface area contributed by atoms with Crippen molar-refractivity contribution in [3.05, 3.63) is 53.9 Å². The van der Waals surface area contributed by atoms with Crippen molar-refractivity contribution >= 4 is 55.7 Å². The quantitative estimate of drug-likeness (QED) is 0.271. The van der Waals surface area contributed by atoms with Gasteiger partial charge in [0, 0.05) is 23.1 Å². The Hall–Kier alpha value is -2.42. The first-order chi connectivity index (χ1) is 14.2. The van der Waals surface area contributed by atoms with Gasteiger partial charge in [-0.25, -0.2) is 9.97 Å². The van der Waals surface area contributed by atoms with E-state index in [2.05, 4.69) is 21.4 Å². The monoisotopic (exact) mass is 441 g/mol. The van der Waals surface area contributed by atoms with Crippen LogP contribution in [-0.4, -0.2) is 28.7 Å². The van der Waals surface area contributed by atoms with E-state index in [0.717, 1.165) is 39.0 Å². The van der Waals surface area contributed by atoms with E-state index < -0.39 is 0 Å². The zero-order chi connectivity index (χ0) is 20.1. The molecule has 0 unspecified atom stereocenters. The molecule has 0 atom stereocenters. The Balaban J connectivity index is 1.24. The number of amides is 1.